The van der Waals surface area contributed by atoms with Crippen LogP contribution in [0.5, 0.6) is 5.75 Å². The fourth-order valence-corrected chi connectivity index (χ4v) is 4.72. The second kappa shape index (κ2) is 9.49. The molecule has 4 bridgehead atoms. The highest BCUT2D eigenvalue weighted by Crippen LogP contribution is 2.44. The molecule has 0 spiro atoms. The number of allylic oxidation sites excluding steroid dienone is 3. The lowest BCUT2D eigenvalue weighted by Crippen LogP contribution is -2.28. The minimum atomic E-state index is -0.791. The molecule has 0 aromatic heterocycles. The number of carbonyl (C=O) groups excluding carboxylic acids is 1. The van der Waals surface area contributed by atoms with Crippen LogP contribution in [0.25, 0.3) is 0 Å². The van der Waals surface area contributed by atoms with Gasteiger partial charge in [-0.25, -0.2) is 0 Å². The van der Waals surface area contributed by atoms with E-state index in [1.165, 1.54) is 0 Å². The maximum absolute atomic E-state index is 13.0. The summed E-state index contributed by atoms with van der Waals surface area (Å²) < 4.78 is 11.4. The fourth-order valence-electron chi connectivity index (χ4n) is 4.41. The number of epoxide rings is 1. The Hall–Kier alpha value is -2.35. The molecular weight excluding hydrogens is 444 g/mol. The summed E-state index contributed by atoms with van der Waals surface area (Å²) in [6.45, 7) is 4.03. The first-order chi connectivity index (χ1) is 15.7. The quantitative estimate of drug-likeness (QED) is 0.616. The number of carbonyl (C=O) groups is 1. The molecule has 8 heteroatoms. The third-order valence-electron chi connectivity index (χ3n) is 6.64. The van der Waals surface area contributed by atoms with Crippen LogP contribution in [0.15, 0.2) is 41.1 Å². The lowest BCUT2D eigenvalue weighted by atomic mass is 9.95. The predicted octanol–water partition coefficient (Wildman–Crippen LogP) is 4.20. The summed E-state index contributed by atoms with van der Waals surface area (Å²) in [5.41, 5.74) is 2.92. The summed E-state index contributed by atoms with van der Waals surface area (Å²) in [5, 5.41) is 15.0. The van der Waals surface area contributed by atoms with Crippen molar-refractivity contribution in [2.45, 2.75) is 69.9 Å². The Bertz CT molecular complexity index is 1020. The third kappa shape index (κ3) is 5.26. The number of aliphatic hydroxyl groups is 1. The monoisotopic (exact) mass is 474 g/mol. The largest absolute Gasteiger partial charge is 0.495 e. The van der Waals surface area contributed by atoms with Gasteiger partial charge in [0.05, 0.1) is 30.2 Å². The number of aliphatic hydroxyl groups excluding tert-OH is 1. The van der Waals surface area contributed by atoms with E-state index < -0.39 is 6.10 Å². The zero-order chi connectivity index (χ0) is 23.8. The maximum atomic E-state index is 13.0. The van der Waals surface area contributed by atoms with Gasteiger partial charge < -0.3 is 24.3 Å². The van der Waals surface area contributed by atoms with E-state index in [0.717, 1.165) is 11.1 Å². The lowest BCUT2D eigenvalue weighted by molar-refractivity contribution is -0.118. The minimum Gasteiger partial charge on any atom is -0.495 e. The molecule has 3 aliphatic rings. The van der Waals surface area contributed by atoms with Crippen LogP contribution in [-0.2, 0) is 20.8 Å². The second-order valence-corrected chi connectivity index (χ2v) is 9.65. The highest BCUT2D eigenvalue weighted by atomic mass is 35.5. The first-order valence-electron chi connectivity index (χ1n) is 11.3. The molecule has 1 N–H and O–H groups in total. The molecule has 4 atom stereocenters. The molecule has 1 fully saturated rings. The van der Waals surface area contributed by atoms with E-state index in [4.69, 9.17) is 25.9 Å². The number of oxime groups is 1. The normalized spacial score (nSPS) is 32.8. The van der Waals surface area contributed by atoms with E-state index >= 15 is 0 Å². The summed E-state index contributed by atoms with van der Waals surface area (Å²) in [7, 11) is 3.30. The molecule has 33 heavy (non-hydrogen) atoms. The Kier molecular flexibility index (Phi) is 6.84. The number of halogens is 1. The molecule has 0 saturated carbocycles. The van der Waals surface area contributed by atoms with Gasteiger partial charge in [0.15, 0.2) is 0 Å². The van der Waals surface area contributed by atoms with Crippen LogP contribution in [0, 0.1) is 0 Å². The smallest absolute Gasteiger partial charge is 0.226 e. The van der Waals surface area contributed by atoms with Gasteiger partial charge in [0.25, 0.3) is 0 Å². The van der Waals surface area contributed by atoms with Crippen molar-refractivity contribution in [3.63, 3.8) is 0 Å². The van der Waals surface area contributed by atoms with Crippen molar-refractivity contribution in [3.05, 3.63) is 46.5 Å². The van der Waals surface area contributed by atoms with E-state index in [9.17, 15) is 9.90 Å². The third-order valence-corrected chi connectivity index (χ3v) is 7.02. The van der Waals surface area contributed by atoms with Crippen molar-refractivity contribution in [2.75, 3.05) is 19.1 Å². The number of rotatable bonds is 1. The molecule has 0 unspecified atom stereocenters. The summed E-state index contributed by atoms with van der Waals surface area (Å²) >= 11 is 6.56. The molecule has 178 valence electrons. The van der Waals surface area contributed by atoms with Crippen LogP contribution in [0.2, 0.25) is 5.02 Å². The number of hydrogen-bond donors (Lipinski definition) is 1. The number of amides is 1. The molecular formula is C25H31ClN2O5. The lowest BCUT2D eigenvalue weighted by Gasteiger charge is -2.22. The Morgan fingerprint density at radius 1 is 1.36 bits per heavy atom. The predicted molar refractivity (Wildman–Crippen MR) is 128 cm³/mol. The van der Waals surface area contributed by atoms with Crippen molar-refractivity contribution in [1.29, 1.82) is 0 Å². The number of hydrogen-bond acceptors (Lipinski definition) is 6. The van der Waals surface area contributed by atoms with Gasteiger partial charge in [0.1, 0.15) is 23.0 Å². The fraction of sp³-hybridized carbons (Fsp3) is 0.520. The number of fused-ring (bicyclic) bond motifs is 5. The molecule has 3 heterocycles. The topological polar surface area (TPSA) is 83.9 Å². The second-order valence-electron chi connectivity index (χ2n) is 9.27. The Balaban J connectivity index is 1.63. The molecule has 1 aromatic rings. The van der Waals surface area contributed by atoms with Gasteiger partial charge in [-0.3, -0.25) is 4.79 Å². The Morgan fingerprint density at radius 3 is 2.91 bits per heavy atom. The number of ether oxygens (including phenoxy) is 2. The SMILES string of the molecule is COc1cc2cc(c1Cl)N(C)C(=O)CC[C@@]1(C)O[C@H]1C[C@@H]1CC(=NO1)[C@H](O)/C=C/C=C(\C)C2. The van der Waals surface area contributed by atoms with E-state index in [2.05, 4.69) is 5.16 Å². The molecule has 4 rings (SSSR count). The first kappa shape index (κ1) is 23.8. The Morgan fingerprint density at radius 2 is 2.15 bits per heavy atom. The van der Waals surface area contributed by atoms with Crippen LogP contribution >= 0.6 is 11.6 Å². The molecule has 0 aliphatic carbocycles. The van der Waals surface area contributed by atoms with Crippen LogP contribution in [-0.4, -0.2) is 54.8 Å². The van der Waals surface area contributed by atoms with Crippen molar-refractivity contribution < 1.29 is 24.2 Å². The minimum absolute atomic E-state index is 0.00233. The average Bonchev–Trinajstić information content (AvgIpc) is 3.18. The summed E-state index contributed by atoms with van der Waals surface area (Å²) in [6.07, 6.45) is 7.39. The van der Waals surface area contributed by atoms with E-state index in [0.29, 0.717) is 54.3 Å². The zero-order valence-electron chi connectivity index (χ0n) is 19.5. The van der Waals surface area contributed by atoms with Crippen molar-refractivity contribution in [3.8, 4) is 5.75 Å². The molecule has 1 amide bonds. The highest BCUT2D eigenvalue weighted by molar-refractivity contribution is 6.35. The van der Waals surface area contributed by atoms with E-state index in [-0.39, 0.29) is 23.7 Å². The molecule has 1 aromatic carbocycles. The first-order valence-corrected chi connectivity index (χ1v) is 11.6. The molecule has 7 nitrogen and oxygen atoms in total. The number of nitrogens with zero attached hydrogens (tertiary/aromatic N) is 2. The average molecular weight is 475 g/mol. The van der Waals surface area contributed by atoms with Crippen molar-refractivity contribution in [1.82, 2.24) is 0 Å². The van der Waals surface area contributed by atoms with Gasteiger partial charge >= 0.3 is 0 Å². The summed E-state index contributed by atoms with van der Waals surface area (Å²) in [4.78, 5) is 20.1. The standard InChI is InChI=1S/C25H31ClN2O5/c1-15-6-5-7-20(29)18-13-17(33-27-18)14-22-25(2,32-22)9-8-23(30)28(3)19-11-16(10-15)12-21(31-4)24(19)26/h5-7,11-12,17,20,22,29H,8-10,13-14H2,1-4H3/b7-5+,15-6+/t17-,20+,22-,25+/m0/s1. The molecule has 1 saturated heterocycles. The van der Waals surface area contributed by atoms with Crippen LogP contribution in [0.3, 0.4) is 0 Å². The van der Waals surface area contributed by atoms with Crippen molar-refractivity contribution >= 4 is 28.9 Å². The highest BCUT2D eigenvalue weighted by Gasteiger charge is 2.53. The van der Waals surface area contributed by atoms with Crippen LogP contribution in [0.4, 0.5) is 5.69 Å². The summed E-state index contributed by atoms with van der Waals surface area (Å²) in [6, 6.07) is 3.81. The maximum Gasteiger partial charge on any atom is 0.226 e. The summed E-state index contributed by atoms with van der Waals surface area (Å²) in [5.74, 6) is 0.491. The Labute approximate surface area is 199 Å². The van der Waals surface area contributed by atoms with Gasteiger partial charge in [-0.2, -0.15) is 0 Å². The van der Waals surface area contributed by atoms with Crippen molar-refractivity contribution in [2.24, 2.45) is 5.16 Å². The van der Waals surface area contributed by atoms with Crippen LogP contribution < -0.4 is 9.64 Å². The number of methoxy groups -OCH3 is 1. The van der Waals surface area contributed by atoms with Gasteiger partial charge in [-0.05, 0) is 44.4 Å². The van der Waals surface area contributed by atoms with Crippen LogP contribution in [0.1, 0.15) is 45.1 Å². The molecule has 3 aliphatic heterocycles. The zero-order valence-corrected chi connectivity index (χ0v) is 20.3. The van der Waals surface area contributed by atoms with E-state index in [1.807, 2.05) is 38.1 Å². The van der Waals surface area contributed by atoms with E-state index in [1.54, 1.807) is 25.1 Å². The van der Waals surface area contributed by atoms with Gasteiger partial charge in [0.2, 0.25) is 5.91 Å². The number of benzene rings is 1. The van der Waals surface area contributed by atoms with Gasteiger partial charge in [-0.1, -0.05) is 40.6 Å². The molecule has 0 radical (unpaired) electrons. The van der Waals surface area contributed by atoms with Gasteiger partial charge in [0, 0.05) is 26.3 Å². The van der Waals surface area contributed by atoms with Gasteiger partial charge in [-0.15, -0.1) is 0 Å². The number of anilines is 1.